The molecular formula is C77H140O16P2. The molecule has 0 bridgehead atoms. The smallest absolute Gasteiger partial charge is 0.463 e. The zero-order valence-electron chi connectivity index (χ0n) is 60.3. The summed E-state index contributed by atoms with van der Waals surface area (Å²) in [5.41, 5.74) is 0. The average Bonchev–Trinajstić information content (AvgIpc) is 3.18. The highest BCUT2D eigenvalue weighted by Crippen LogP contribution is 2.45. The first-order valence-electron chi connectivity index (χ1n) is 38.2. The lowest BCUT2D eigenvalue weighted by Gasteiger charge is -2.21. The molecule has 0 rings (SSSR count). The lowest BCUT2D eigenvalue weighted by Crippen LogP contribution is -2.30. The van der Waals surface area contributed by atoms with E-state index in [0.29, 0.717) is 19.3 Å². The average molecular weight is 1380 g/mol. The fourth-order valence-corrected chi connectivity index (χ4v) is 12.2. The first-order chi connectivity index (χ1) is 46.2. The minimum Gasteiger partial charge on any atom is -0.463 e. The molecule has 0 radical (unpaired) electrons. The maximum Gasteiger partial charge on any atom is 0.472 e. The highest BCUT2D eigenvalue weighted by Gasteiger charge is 2.29. The van der Waals surface area contributed by atoms with Crippen LogP contribution in [0.2, 0.25) is 0 Å². The summed E-state index contributed by atoms with van der Waals surface area (Å²) in [4.78, 5) is 58.4. The fraction of sp³-hybridized carbons (Fsp3) is 0.805. The lowest BCUT2D eigenvalue weighted by atomic mass is 10.0. The molecular weight excluding hydrogens is 1240 g/mol. The number of unbranched alkanes of at least 4 members (excludes halogenated alkanes) is 38. The molecule has 0 fully saturated rings. The van der Waals surface area contributed by atoms with E-state index in [1.807, 2.05) is 0 Å². The molecule has 0 aliphatic rings. The molecule has 0 aromatic heterocycles. The first kappa shape index (κ1) is 92.0. The zero-order valence-corrected chi connectivity index (χ0v) is 62.1. The van der Waals surface area contributed by atoms with Gasteiger partial charge >= 0.3 is 33.6 Å². The minimum absolute atomic E-state index is 0.0993. The number of allylic oxidation sites excluding steroid dienone is 12. The van der Waals surface area contributed by atoms with Gasteiger partial charge in [-0.3, -0.25) is 32.5 Å². The largest absolute Gasteiger partial charge is 0.472 e. The summed E-state index contributed by atoms with van der Waals surface area (Å²) >= 11 is 0. The molecule has 5 atom stereocenters. The Kier molecular flexibility index (Phi) is 68.6. The number of esters is 3. The molecule has 0 heterocycles. The highest BCUT2D eigenvalue weighted by molar-refractivity contribution is 7.47. The Morgan fingerprint density at radius 3 is 0.926 bits per heavy atom. The molecule has 0 aromatic carbocycles. The van der Waals surface area contributed by atoms with Crippen molar-refractivity contribution in [2.24, 2.45) is 0 Å². The van der Waals surface area contributed by atoms with Gasteiger partial charge in [-0.15, -0.1) is 0 Å². The van der Waals surface area contributed by atoms with E-state index in [2.05, 4.69) is 93.7 Å². The second-order valence-corrected chi connectivity index (χ2v) is 28.7. The molecule has 16 nitrogen and oxygen atoms in total. The quantitative estimate of drug-likeness (QED) is 0.0146. The predicted octanol–water partition coefficient (Wildman–Crippen LogP) is 21.9. The van der Waals surface area contributed by atoms with Crippen LogP contribution < -0.4 is 0 Å². The van der Waals surface area contributed by atoms with E-state index in [4.69, 9.17) is 32.3 Å². The highest BCUT2D eigenvalue weighted by atomic mass is 31.2. The number of aliphatic hydroxyl groups is 2. The van der Waals surface area contributed by atoms with Crippen LogP contribution in [0.25, 0.3) is 0 Å². The van der Waals surface area contributed by atoms with E-state index in [1.165, 1.54) is 173 Å². The van der Waals surface area contributed by atoms with E-state index in [1.54, 1.807) is 0 Å². The third-order valence-electron chi connectivity index (χ3n) is 16.4. The normalized spacial score (nSPS) is 14.5. The van der Waals surface area contributed by atoms with Crippen LogP contribution in [-0.4, -0.2) is 95.9 Å². The van der Waals surface area contributed by atoms with Gasteiger partial charge in [0.15, 0.2) is 6.10 Å². The second-order valence-electron chi connectivity index (χ2n) is 25.8. The van der Waals surface area contributed by atoms with Crippen molar-refractivity contribution in [3.8, 4) is 0 Å². The van der Waals surface area contributed by atoms with Crippen LogP contribution in [0.1, 0.15) is 342 Å². The number of rotatable bonds is 73. The molecule has 4 N–H and O–H groups in total. The van der Waals surface area contributed by atoms with E-state index < -0.39 is 91.5 Å². The van der Waals surface area contributed by atoms with Crippen LogP contribution in [0.4, 0.5) is 0 Å². The summed E-state index contributed by atoms with van der Waals surface area (Å²) in [7, 11) is -9.76. The van der Waals surface area contributed by atoms with Crippen molar-refractivity contribution in [2.75, 3.05) is 39.6 Å². The Balaban J connectivity index is 4.29. The number of phosphoric acid groups is 2. The number of phosphoric ester groups is 2. The summed E-state index contributed by atoms with van der Waals surface area (Å²) in [6, 6.07) is 0. The Morgan fingerprint density at radius 1 is 0.305 bits per heavy atom. The molecule has 0 aliphatic heterocycles. The summed E-state index contributed by atoms with van der Waals surface area (Å²) in [6.45, 7) is 2.56. The molecule has 95 heavy (non-hydrogen) atoms. The van der Waals surface area contributed by atoms with Gasteiger partial charge < -0.3 is 34.2 Å². The number of carbonyl (C=O) groups excluding carboxylic acids is 3. The van der Waals surface area contributed by atoms with Gasteiger partial charge in [-0.05, 0) is 83.5 Å². The molecule has 0 saturated carbocycles. The van der Waals surface area contributed by atoms with Crippen molar-refractivity contribution in [1.29, 1.82) is 0 Å². The van der Waals surface area contributed by atoms with E-state index in [9.17, 15) is 43.5 Å². The second kappa shape index (κ2) is 70.8. The van der Waals surface area contributed by atoms with Crippen LogP contribution in [0.3, 0.4) is 0 Å². The third kappa shape index (κ3) is 72.1. The summed E-state index contributed by atoms with van der Waals surface area (Å²) < 4.78 is 60.9. The van der Waals surface area contributed by atoms with Crippen molar-refractivity contribution in [1.82, 2.24) is 0 Å². The Labute approximate surface area is 579 Å². The summed E-state index contributed by atoms with van der Waals surface area (Å²) in [6.07, 6.45) is 77.0. The van der Waals surface area contributed by atoms with Gasteiger partial charge in [0.05, 0.1) is 26.4 Å². The maximum atomic E-state index is 12.9. The van der Waals surface area contributed by atoms with Crippen LogP contribution in [0.15, 0.2) is 72.9 Å². The van der Waals surface area contributed by atoms with Gasteiger partial charge in [-0.25, -0.2) is 9.13 Å². The Morgan fingerprint density at radius 2 is 0.568 bits per heavy atom. The molecule has 18 heteroatoms. The number of carbonyl (C=O) groups is 3. The van der Waals surface area contributed by atoms with Crippen LogP contribution in [-0.2, 0) is 55.8 Å². The van der Waals surface area contributed by atoms with Crippen molar-refractivity contribution < 1.29 is 75.8 Å². The van der Waals surface area contributed by atoms with Crippen molar-refractivity contribution in [3.05, 3.63) is 72.9 Å². The van der Waals surface area contributed by atoms with Crippen LogP contribution >= 0.6 is 15.6 Å². The molecule has 554 valence electrons. The van der Waals surface area contributed by atoms with Crippen LogP contribution in [0.5, 0.6) is 0 Å². The Bertz CT molecular complexity index is 2020. The molecule has 0 saturated heterocycles. The predicted molar refractivity (Wildman–Crippen MR) is 390 cm³/mol. The van der Waals surface area contributed by atoms with E-state index in [0.717, 1.165) is 109 Å². The molecule has 0 spiro atoms. The maximum absolute atomic E-state index is 12.9. The molecule has 0 aromatic rings. The van der Waals surface area contributed by atoms with E-state index >= 15 is 0 Å². The standard InChI is InChI=1S/C77H140O16P2/c1-4-7-10-13-16-19-22-24-26-27-28-29-30-31-32-33-34-35-36-37-38-39-40-41-42-43-45-47-49-51-54-57-60-63-75(80)87-66-72(78)67-89-94(83,84)90-68-73(79)69-91-95(85,86)92-71-74(93-77(82)65-62-59-56-53-48-21-18-15-12-9-6-3)70-88-76(81)64-61-58-55-52-50-46-44-25-23-20-17-14-11-8-5-2/h7,10,15-16,18-19,24,26,28-29,31-32,72-74,78-79H,4-6,8-9,11-14,17,20-23,25,27,30,33-71H2,1-3H3,(H,83,84)(H,85,86)/b10-7-,18-15-,19-16-,26-24-,29-28-,32-31-. The van der Waals surface area contributed by atoms with Gasteiger partial charge in [-0.2, -0.15) is 0 Å². The van der Waals surface area contributed by atoms with Gasteiger partial charge in [0.2, 0.25) is 0 Å². The first-order valence-corrected chi connectivity index (χ1v) is 41.2. The fourth-order valence-electron chi connectivity index (χ4n) is 10.6. The molecule has 0 amide bonds. The SMILES string of the molecule is CC/C=C\C/C=C\C/C=C\C/C=C\C/C=C\CCCCCCCCCCCCCCCCCCCC(=O)OCC(O)COP(=O)(O)OCC(O)COP(=O)(O)OCC(COC(=O)CCCCCCCCCCCCCCCCC)OC(=O)CCCCCCC/C=C\CCCC. The third-order valence-corrected chi connectivity index (χ3v) is 18.3. The van der Waals surface area contributed by atoms with Crippen molar-refractivity contribution in [3.63, 3.8) is 0 Å². The van der Waals surface area contributed by atoms with Crippen LogP contribution in [0, 0.1) is 0 Å². The summed E-state index contributed by atoms with van der Waals surface area (Å²) in [5.74, 6) is -1.57. The lowest BCUT2D eigenvalue weighted by molar-refractivity contribution is -0.161. The number of ether oxygens (including phenoxy) is 3. The summed E-state index contributed by atoms with van der Waals surface area (Å²) in [5, 5.41) is 20.6. The van der Waals surface area contributed by atoms with Gasteiger partial charge in [0.25, 0.3) is 0 Å². The molecule has 0 aliphatic carbocycles. The Hall–Kier alpha value is -3.01. The van der Waals surface area contributed by atoms with Gasteiger partial charge in [0.1, 0.15) is 25.4 Å². The zero-order chi connectivity index (χ0) is 69.5. The number of hydrogen-bond acceptors (Lipinski definition) is 14. The topological polar surface area (TPSA) is 231 Å². The van der Waals surface area contributed by atoms with Crippen molar-refractivity contribution >= 4 is 33.6 Å². The number of aliphatic hydroxyl groups excluding tert-OH is 2. The van der Waals surface area contributed by atoms with Gasteiger partial charge in [-0.1, -0.05) is 312 Å². The molecule has 5 unspecified atom stereocenters. The number of hydrogen-bond donors (Lipinski definition) is 4. The monoisotopic (exact) mass is 1380 g/mol. The van der Waals surface area contributed by atoms with E-state index in [-0.39, 0.29) is 19.3 Å². The van der Waals surface area contributed by atoms with Crippen molar-refractivity contribution in [2.45, 2.75) is 360 Å². The van der Waals surface area contributed by atoms with Gasteiger partial charge in [0, 0.05) is 19.3 Å². The minimum atomic E-state index is -4.92.